The number of carbonyl (C=O) groups is 1. The Morgan fingerprint density at radius 1 is 1.53 bits per heavy atom. The Labute approximate surface area is 112 Å². The van der Waals surface area contributed by atoms with E-state index >= 15 is 0 Å². The monoisotopic (exact) mass is 261 g/mol. The smallest absolute Gasteiger partial charge is 0.268 e. The first-order valence-electron chi connectivity index (χ1n) is 6.21. The maximum Gasteiger partial charge on any atom is 0.268 e. The van der Waals surface area contributed by atoms with E-state index in [1.54, 1.807) is 23.1 Å². The molecule has 2 heterocycles. The first-order chi connectivity index (χ1) is 8.99. The zero-order chi connectivity index (χ0) is 14.0. The van der Waals surface area contributed by atoms with Crippen LogP contribution in [0.1, 0.15) is 36.1 Å². The Morgan fingerprint density at radius 3 is 2.84 bits per heavy atom. The van der Waals surface area contributed by atoms with Gasteiger partial charge in [0.05, 0.1) is 17.9 Å². The summed E-state index contributed by atoms with van der Waals surface area (Å²) in [6.45, 7) is 4.47. The Hall–Kier alpha value is -2.24. The Morgan fingerprint density at radius 2 is 2.26 bits per heavy atom. The summed E-state index contributed by atoms with van der Waals surface area (Å²) < 4.78 is 3.60. The lowest BCUT2D eigenvalue weighted by molar-refractivity contribution is 0.0939. The summed E-state index contributed by atoms with van der Waals surface area (Å²) >= 11 is 0. The fourth-order valence-electron chi connectivity index (χ4n) is 1.95. The first-order valence-corrected chi connectivity index (χ1v) is 6.21. The predicted molar refractivity (Wildman–Crippen MR) is 73.6 cm³/mol. The van der Waals surface area contributed by atoms with Crippen molar-refractivity contribution in [3.05, 3.63) is 35.9 Å². The van der Waals surface area contributed by atoms with Crippen molar-refractivity contribution in [3.63, 3.8) is 0 Å². The van der Waals surface area contributed by atoms with E-state index in [0.29, 0.717) is 17.9 Å². The first kappa shape index (κ1) is 13.2. The highest BCUT2D eigenvalue weighted by atomic mass is 16.1. The van der Waals surface area contributed by atoms with Gasteiger partial charge in [-0.2, -0.15) is 5.10 Å². The number of hydrogen-bond acceptors (Lipinski definition) is 3. The molecule has 0 unspecified atom stereocenters. The summed E-state index contributed by atoms with van der Waals surface area (Å²) in [6, 6.07) is 3.75. The lowest BCUT2D eigenvalue weighted by atomic mass is 10.3. The van der Waals surface area contributed by atoms with Crippen LogP contribution < -0.4 is 11.1 Å². The second-order valence-electron chi connectivity index (χ2n) is 4.79. The van der Waals surface area contributed by atoms with Crippen LogP contribution in [0.5, 0.6) is 0 Å². The molecule has 6 nitrogen and oxygen atoms in total. The highest BCUT2D eigenvalue weighted by Crippen LogP contribution is 2.16. The molecule has 2 aromatic heterocycles. The summed E-state index contributed by atoms with van der Waals surface area (Å²) in [5, 5.41) is 6.93. The minimum absolute atomic E-state index is 0.133. The third-order valence-electron chi connectivity index (χ3n) is 3.01. The largest absolute Gasteiger partial charge is 0.397 e. The van der Waals surface area contributed by atoms with Gasteiger partial charge >= 0.3 is 0 Å². The Kier molecular flexibility index (Phi) is 3.59. The van der Waals surface area contributed by atoms with Crippen LogP contribution in [-0.2, 0) is 13.6 Å². The van der Waals surface area contributed by atoms with E-state index in [2.05, 4.69) is 10.4 Å². The summed E-state index contributed by atoms with van der Waals surface area (Å²) in [5.41, 5.74) is 7.88. The van der Waals surface area contributed by atoms with Crippen molar-refractivity contribution in [3.8, 4) is 0 Å². The van der Waals surface area contributed by atoms with Gasteiger partial charge in [0.25, 0.3) is 5.91 Å². The number of carbonyl (C=O) groups excluding carboxylic acids is 1. The molecule has 2 rings (SSSR count). The second kappa shape index (κ2) is 5.17. The van der Waals surface area contributed by atoms with Crippen molar-refractivity contribution < 1.29 is 4.79 Å². The summed E-state index contributed by atoms with van der Waals surface area (Å²) in [7, 11) is 1.84. The van der Waals surface area contributed by atoms with Crippen molar-refractivity contribution in [2.45, 2.75) is 26.4 Å². The van der Waals surface area contributed by atoms with Gasteiger partial charge in [0.15, 0.2) is 0 Å². The lowest BCUT2D eigenvalue weighted by Gasteiger charge is -2.12. The zero-order valence-corrected chi connectivity index (χ0v) is 11.4. The second-order valence-corrected chi connectivity index (χ2v) is 4.79. The summed E-state index contributed by atoms with van der Waals surface area (Å²) in [6.07, 6.45) is 3.49. The molecule has 102 valence electrons. The third-order valence-corrected chi connectivity index (χ3v) is 3.01. The average Bonchev–Trinajstić information content (AvgIpc) is 2.92. The van der Waals surface area contributed by atoms with E-state index < -0.39 is 0 Å². The maximum absolute atomic E-state index is 12.2. The molecule has 0 atom stereocenters. The van der Waals surface area contributed by atoms with Crippen LogP contribution in [-0.4, -0.2) is 20.3 Å². The molecule has 0 aliphatic rings. The number of nitrogens with two attached hydrogens (primary N) is 1. The molecule has 0 saturated carbocycles. The summed E-state index contributed by atoms with van der Waals surface area (Å²) in [4.78, 5) is 12.2. The number of rotatable bonds is 4. The van der Waals surface area contributed by atoms with Gasteiger partial charge in [-0.25, -0.2) is 0 Å². The molecule has 3 N–H and O–H groups in total. The van der Waals surface area contributed by atoms with E-state index in [1.807, 2.05) is 31.5 Å². The molecule has 0 aliphatic heterocycles. The molecule has 0 aromatic carbocycles. The SMILES string of the molecule is CC(C)n1cc(N)cc1C(=O)NCc1ccnn1C. The molecular formula is C13H19N5O. The number of hydrogen-bond donors (Lipinski definition) is 2. The van der Waals surface area contributed by atoms with Crippen LogP contribution in [0.25, 0.3) is 0 Å². The number of nitrogens with one attached hydrogen (secondary N) is 1. The van der Waals surface area contributed by atoms with Crippen LogP contribution in [0.15, 0.2) is 24.5 Å². The Bertz CT molecular complexity index is 582. The van der Waals surface area contributed by atoms with Crippen LogP contribution in [0.3, 0.4) is 0 Å². The molecule has 0 radical (unpaired) electrons. The fraction of sp³-hybridized carbons (Fsp3) is 0.385. The van der Waals surface area contributed by atoms with Gasteiger partial charge in [0.1, 0.15) is 5.69 Å². The van der Waals surface area contributed by atoms with Gasteiger partial charge in [0, 0.05) is 25.5 Å². The van der Waals surface area contributed by atoms with E-state index in [-0.39, 0.29) is 11.9 Å². The van der Waals surface area contributed by atoms with Gasteiger partial charge in [0.2, 0.25) is 0 Å². The van der Waals surface area contributed by atoms with E-state index in [9.17, 15) is 4.79 Å². The standard InChI is InChI=1S/C13H19N5O/c1-9(2)18-8-10(14)6-12(18)13(19)15-7-11-4-5-16-17(11)3/h4-6,8-9H,7,14H2,1-3H3,(H,15,19). The van der Waals surface area contributed by atoms with Gasteiger partial charge in [-0.05, 0) is 26.0 Å². The van der Waals surface area contributed by atoms with Gasteiger partial charge in [-0.3, -0.25) is 9.48 Å². The highest BCUT2D eigenvalue weighted by Gasteiger charge is 2.14. The van der Waals surface area contributed by atoms with Crippen LogP contribution in [0.4, 0.5) is 5.69 Å². The predicted octanol–water partition coefficient (Wildman–Crippen LogP) is 1.31. The van der Waals surface area contributed by atoms with Gasteiger partial charge < -0.3 is 15.6 Å². The molecule has 0 aliphatic carbocycles. The molecule has 2 aromatic rings. The normalized spacial score (nSPS) is 10.9. The van der Waals surface area contributed by atoms with Crippen molar-refractivity contribution in [2.75, 3.05) is 5.73 Å². The molecule has 6 heteroatoms. The molecule has 0 saturated heterocycles. The maximum atomic E-state index is 12.2. The number of nitrogen functional groups attached to an aromatic ring is 1. The number of nitrogens with zero attached hydrogens (tertiary/aromatic N) is 3. The minimum Gasteiger partial charge on any atom is -0.397 e. The van der Waals surface area contributed by atoms with Crippen LogP contribution in [0.2, 0.25) is 0 Å². The topological polar surface area (TPSA) is 77.9 Å². The van der Waals surface area contributed by atoms with Crippen LogP contribution in [0, 0.1) is 0 Å². The van der Waals surface area contributed by atoms with E-state index in [0.717, 1.165) is 5.69 Å². The molecule has 0 bridgehead atoms. The highest BCUT2D eigenvalue weighted by molar-refractivity contribution is 5.93. The lowest BCUT2D eigenvalue weighted by Crippen LogP contribution is -2.26. The zero-order valence-electron chi connectivity index (χ0n) is 11.4. The molecule has 0 spiro atoms. The number of aryl methyl sites for hydroxylation is 1. The van der Waals surface area contributed by atoms with E-state index in [1.165, 1.54) is 0 Å². The van der Waals surface area contributed by atoms with Gasteiger partial charge in [-0.1, -0.05) is 0 Å². The molecule has 0 fully saturated rings. The molecule has 19 heavy (non-hydrogen) atoms. The number of anilines is 1. The van der Waals surface area contributed by atoms with Crippen molar-refractivity contribution in [1.29, 1.82) is 0 Å². The number of aromatic nitrogens is 3. The number of amides is 1. The van der Waals surface area contributed by atoms with E-state index in [4.69, 9.17) is 5.73 Å². The Balaban J connectivity index is 2.10. The molecular weight excluding hydrogens is 242 g/mol. The molecule has 1 amide bonds. The van der Waals surface area contributed by atoms with Crippen molar-refractivity contribution in [2.24, 2.45) is 7.05 Å². The average molecular weight is 261 g/mol. The fourth-order valence-corrected chi connectivity index (χ4v) is 1.95. The van der Waals surface area contributed by atoms with Crippen molar-refractivity contribution >= 4 is 11.6 Å². The minimum atomic E-state index is -0.133. The van der Waals surface area contributed by atoms with Crippen LogP contribution >= 0.6 is 0 Å². The van der Waals surface area contributed by atoms with Crippen molar-refractivity contribution in [1.82, 2.24) is 19.7 Å². The third kappa shape index (κ3) is 2.78. The summed E-state index contributed by atoms with van der Waals surface area (Å²) in [5.74, 6) is -0.133. The quantitative estimate of drug-likeness (QED) is 0.871. The van der Waals surface area contributed by atoms with Gasteiger partial charge in [-0.15, -0.1) is 0 Å².